The van der Waals surface area contributed by atoms with E-state index in [0.29, 0.717) is 0 Å². The third-order valence-electron chi connectivity index (χ3n) is 4.44. The normalized spacial score (nSPS) is 33.6. The monoisotopic (exact) mass is 295 g/mol. The summed E-state index contributed by atoms with van der Waals surface area (Å²) in [6.07, 6.45) is 4.25. The van der Waals surface area contributed by atoms with Gasteiger partial charge in [-0.05, 0) is 25.3 Å². The molecule has 110 valence electrons. The van der Waals surface area contributed by atoms with Crippen LogP contribution in [-0.2, 0) is 14.3 Å². The number of carbonyl (C=O) groups is 2. The van der Waals surface area contributed by atoms with Crippen molar-refractivity contribution < 1.29 is 19.1 Å². The Labute approximate surface area is 119 Å². The second-order valence-electron chi connectivity index (χ2n) is 6.91. The molecule has 20 heavy (non-hydrogen) atoms. The van der Waals surface area contributed by atoms with Crippen molar-refractivity contribution in [2.45, 2.75) is 50.5 Å². The molecule has 0 aliphatic carbocycles. The Morgan fingerprint density at radius 3 is 2.65 bits per heavy atom. The molecule has 2 fully saturated rings. The zero-order chi connectivity index (χ0) is 14.5. The SMILES string of the molecule is C[Si](C)(C)C1=CC2(COC(=O)O2)C2CCCCN2C1=O. The maximum absolute atomic E-state index is 12.7. The Morgan fingerprint density at radius 1 is 1.30 bits per heavy atom. The van der Waals surface area contributed by atoms with Crippen molar-refractivity contribution >= 4 is 20.1 Å². The van der Waals surface area contributed by atoms with E-state index in [4.69, 9.17) is 9.47 Å². The average molecular weight is 295 g/mol. The number of hydrogen-bond donors (Lipinski definition) is 0. The third-order valence-corrected chi connectivity index (χ3v) is 6.42. The quantitative estimate of drug-likeness (QED) is 0.549. The van der Waals surface area contributed by atoms with Crippen molar-refractivity contribution in [3.8, 4) is 0 Å². The van der Waals surface area contributed by atoms with E-state index in [9.17, 15) is 9.59 Å². The predicted molar refractivity (Wildman–Crippen MR) is 75.9 cm³/mol. The highest BCUT2D eigenvalue weighted by atomic mass is 28.3. The number of cyclic esters (lactones) is 1. The topological polar surface area (TPSA) is 55.8 Å². The molecule has 5 nitrogen and oxygen atoms in total. The van der Waals surface area contributed by atoms with E-state index >= 15 is 0 Å². The van der Waals surface area contributed by atoms with Crippen LogP contribution in [0.3, 0.4) is 0 Å². The minimum atomic E-state index is -1.79. The fourth-order valence-corrected chi connectivity index (χ4v) is 4.86. The number of amides is 1. The number of piperidine rings is 1. The van der Waals surface area contributed by atoms with Crippen LogP contribution in [0, 0.1) is 0 Å². The Hall–Kier alpha value is -1.30. The number of rotatable bonds is 1. The summed E-state index contributed by atoms with van der Waals surface area (Å²) in [5, 5.41) is 0.856. The summed E-state index contributed by atoms with van der Waals surface area (Å²) in [5.74, 6) is 0.141. The predicted octanol–water partition coefficient (Wildman–Crippen LogP) is 2.09. The van der Waals surface area contributed by atoms with Gasteiger partial charge >= 0.3 is 6.16 Å². The van der Waals surface area contributed by atoms with Crippen molar-refractivity contribution in [1.29, 1.82) is 0 Å². The van der Waals surface area contributed by atoms with Crippen molar-refractivity contribution in [1.82, 2.24) is 4.90 Å². The van der Waals surface area contributed by atoms with Crippen LogP contribution in [0.15, 0.2) is 11.3 Å². The van der Waals surface area contributed by atoms with Crippen LogP contribution in [0.1, 0.15) is 19.3 Å². The molecule has 0 N–H and O–H groups in total. The molecule has 0 saturated carbocycles. The molecule has 3 aliphatic heterocycles. The fourth-order valence-electron chi connectivity index (χ4n) is 3.40. The lowest BCUT2D eigenvalue weighted by molar-refractivity contribution is -0.137. The lowest BCUT2D eigenvalue weighted by Gasteiger charge is -2.48. The number of ether oxygens (including phenoxy) is 2. The summed E-state index contributed by atoms with van der Waals surface area (Å²) in [4.78, 5) is 26.1. The molecule has 0 bridgehead atoms. The van der Waals surface area contributed by atoms with Gasteiger partial charge in [0.25, 0.3) is 0 Å². The van der Waals surface area contributed by atoms with Crippen LogP contribution in [0.25, 0.3) is 0 Å². The zero-order valence-electron chi connectivity index (χ0n) is 12.3. The first-order chi connectivity index (χ1) is 9.33. The molecule has 2 saturated heterocycles. The van der Waals surface area contributed by atoms with Gasteiger partial charge in [0, 0.05) is 11.7 Å². The van der Waals surface area contributed by atoms with Gasteiger partial charge in [-0.3, -0.25) is 4.79 Å². The second kappa shape index (κ2) is 4.34. The summed E-state index contributed by atoms with van der Waals surface area (Å²) >= 11 is 0. The third kappa shape index (κ3) is 1.97. The first-order valence-electron chi connectivity index (χ1n) is 7.24. The number of hydrogen-bond acceptors (Lipinski definition) is 4. The number of nitrogens with zero attached hydrogens (tertiary/aromatic N) is 1. The van der Waals surface area contributed by atoms with Gasteiger partial charge in [0.1, 0.15) is 6.61 Å². The molecule has 3 aliphatic rings. The molecule has 0 aromatic heterocycles. The smallest absolute Gasteiger partial charge is 0.430 e. The van der Waals surface area contributed by atoms with Crippen molar-refractivity contribution in [2.75, 3.05) is 13.2 Å². The molecule has 0 radical (unpaired) electrons. The fraction of sp³-hybridized carbons (Fsp3) is 0.714. The van der Waals surface area contributed by atoms with Crippen molar-refractivity contribution in [3.05, 3.63) is 11.3 Å². The average Bonchev–Trinajstić information content (AvgIpc) is 2.75. The highest BCUT2D eigenvalue weighted by Gasteiger charge is 2.55. The van der Waals surface area contributed by atoms with Crippen LogP contribution in [0.5, 0.6) is 0 Å². The van der Waals surface area contributed by atoms with Crippen LogP contribution in [0.2, 0.25) is 19.6 Å². The van der Waals surface area contributed by atoms with E-state index in [2.05, 4.69) is 19.6 Å². The molecule has 0 aromatic rings. The molecule has 3 rings (SSSR count). The van der Waals surface area contributed by atoms with Gasteiger partial charge in [0.05, 0.1) is 14.1 Å². The van der Waals surface area contributed by atoms with Gasteiger partial charge in [-0.1, -0.05) is 19.6 Å². The minimum Gasteiger partial charge on any atom is -0.430 e. The van der Waals surface area contributed by atoms with E-state index in [1.165, 1.54) is 0 Å². The standard InChI is InChI=1S/C14H21NO4Si/c1-20(2,3)10-8-14(9-18-13(17)19-14)11-6-4-5-7-15(11)12(10)16/h8,11H,4-7,9H2,1-3H3. The Bertz CT molecular complexity index is 496. The van der Waals surface area contributed by atoms with Crippen LogP contribution in [-0.4, -0.2) is 49.8 Å². The van der Waals surface area contributed by atoms with Gasteiger partial charge in [0.2, 0.25) is 5.91 Å². The van der Waals surface area contributed by atoms with E-state index < -0.39 is 19.8 Å². The Kier molecular flexibility index (Phi) is 2.97. The molecular formula is C14H21NO4Si. The first kappa shape index (κ1) is 13.7. The van der Waals surface area contributed by atoms with Crippen LogP contribution < -0.4 is 0 Å². The van der Waals surface area contributed by atoms with Crippen molar-refractivity contribution in [3.63, 3.8) is 0 Å². The first-order valence-corrected chi connectivity index (χ1v) is 10.7. The van der Waals surface area contributed by atoms with E-state index in [1.807, 2.05) is 11.0 Å². The zero-order valence-corrected chi connectivity index (χ0v) is 13.3. The highest BCUT2D eigenvalue weighted by Crippen LogP contribution is 2.40. The highest BCUT2D eigenvalue weighted by molar-refractivity contribution is 6.87. The Balaban J connectivity index is 2.08. The molecule has 1 spiro atoms. The molecule has 6 heteroatoms. The molecule has 2 unspecified atom stereocenters. The number of carbonyl (C=O) groups excluding carboxylic acids is 2. The minimum absolute atomic E-state index is 0.0599. The summed E-state index contributed by atoms with van der Waals surface area (Å²) in [5.41, 5.74) is -0.749. The van der Waals surface area contributed by atoms with E-state index in [1.54, 1.807) is 0 Å². The second-order valence-corrected chi connectivity index (χ2v) is 12.0. The van der Waals surface area contributed by atoms with Gasteiger partial charge in [-0.25, -0.2) is 4.79 Å². The molecular weight excluding hydrogens is 274 g/mol. The summed E-state index contributed by atoms with van der Waals surface area (Å²) in [6.45, 7) is 7.42. The maximum atomic E-state index is 12.7. The lowest BCUT2D eigenvalue weighted by Crippen LogP contribution is -2.62. The molecule has 2 atom stereocenters. The van der Waals surface area contributed by atoms with Crippen LogP contribution in [0.4, 0.5) is 4.79 Å². The Morgan fingerprint density at radius 2 is 2.05 bits per heavy atom. The molecule has 1 amide bonds. The molecule has 0 aromatic carbocycles. The van der Waals surface area contributed by atoms with Gasteiger partial charge in [-0.15, -0.1) is 0 Å². The maximum Gasteiger partial charge on any atom is 0.509 e. The summed E-state index contributed by atoms with van der Waals surface area (Å²) in [7, 11) is -1.79. The largest absolute Gasteiger partial charge is 0.509 e. The van der Waals surface area contributed by atoms with E-state index in [-0.39, 0.29) is 18.6 Å². The lowest BCUT2D eigenvalue weighted by atomic mass is 9.83. The number of fused-ring (bicyclic) bond motifs is 2. The molecule has 3 heterocycles. The summed E-state index contributed by atoms with van der Waals surface area (Å²) < 4.78 is 10.6. The van der Waals surface area contributed by atoms with E-state index in [0.717, 1.165) is 31.0 Å². The van der Waals surface area contributed by atoms with Gasteiger partial charge < -0.3 is 14.4 Å². The summed E-state index contributed by atoms with van der Waals surface area (Å²) in [6, 6.07) is -0.0599. The van der Waals surface area contributed by atoms with Crippen molar-refractivity contribution in [2.24, 2.45) is 0 Å². The van der Waals surface area contributed by atoms with Crippen LogP contribution >= 0.6 is 0 Å². The van der Waals surface area contributed by atoms with Gasteiger partial charge in [0.15, 0.2) is 5.60 Å². The van der Waals surface area contributed by atoms with Gasteiger partial charge in [-0.2, -0.15) is 0 Å².